The second-order valence-electron chi connectivity index (χ2n) is 8.50. The first-order valence-electron chi connectivity index (χ1n) is 11.0. The number of hydrogen-bond donors (Lipinski definition) is 0. The number of benzene rings is 3. The Balaban J connectivity index is 1.78. The Morgan fingerprint density at radius 1 is 0.848 bits per heavy atom. The summed E-state index contributed by atoms with van der Waals surface area (Å²) in [6.07, 6.45) is -0.400. The zero-order valence-corrected chi connectivity index (χ0v) is 18.5. The molecule has 0 saturated heterocycles. The molecule has 1 aliphatic rings. The molecule has 0 amide bonds. The third-order valence-electron chi connectivity index (χ3n) is 6.71. The van der Waals surface area contributed by atoms with Gasteiger partial charge in [0, 0.05) is 20.6 Å². The molecule has 0 spiro atoms. The van der Waals surface area contributed by atoms with Crippen LogP contribution >= 0.6 is 0 Å². The fourth-order valence-electron chi connectivity index (χ4n) is 5.19. The van der Waals surface area contributed by atoms with Crippen molar-refractivity contribution in [3.05, 3.63) is 105 Å². The third-order valence-corrected chi connectivity index (χ3v) is 6.71. The van der Waals surface area contributed by atoms with Crippen LogP contribution in [0.4, 0.5) is 0 Å². The lowest BCUT2D eigenvalue weighted by Crippen LogP contribution is -2.37. The molecular formula is C27H23N3O3. The van der Waals surface area contributed by atoms with Gasteiger partial charge in [0.05, 0.1) is 28.9 Å². The Bertz CT molecular complexity index is 1650. The molecule has 3 aromatic carbocycles. The van der Waals surface area contributed by atoms with E-state index in [-0.39, 0.29) is 11.2 Å². The van der Waals surface area contributed by atoms with Crippen LogP contribution in [0.3, 0.4) is 0 Å². The van der Waals surface area contributed by atoms with Gasteiger partial charge in [0.25, 0.3) is 5.56 Å². The molecule has 1 aliphatic heterocycles. The Morgan fingerprint density at radius 3 is 2.39 bits per heavy atom. The molecule has 6 rings (SSSR count). The number of hydrogen-bond acceptors (Lipinski definition) is 3. The number of rotatable bonds is 2. The van der Waals surface area contributed by atoms with E-state index < -0.39 is 6.10 Å². The van der Waals surface area contributed by atoms with Gasteiger partial charge in [-0.3, -0.25) is 13.9 Å². The number of fused-ring (bicyclic) bond motifs is 4. The van der Waals surface area contributed by atoms with Crippen molar-refractivity contribution in [2.75, 3.05) is 6.61 Å². The van der Waals surface area contributed by atoms with E-state index in [0.717, 1.165) is 33.3 Å². The first kappa shape index (κ1) is 19.8. The fraction of sp³-hybridized carbons (Fsp3) is 0.185. The fourth-order valence-corrected chi connectivity index (χ4v) is 5.19. The lowest BCUT2D eigenvalue weighted by molar-refractivity contribution is 0.0487. The Hall–Kier alpha value is -3.90. The molecule has 164 valence electrons. The van der Waals surface area contributed by atoms with Gasteiger partial charge in [0.15, 0.2) is 0 Å². The summed E-state index contributed by atoms with van der Waals surface area (Å²) in [5.41, 5.74) is 3.67. The van der Waals surface area contributed by atoms with Crippen LogP contribution in [0.5, 0.6) is 0 Å². The van der Waals surface area contributed by atoms with Crippen LogP contribution in [0, 0.1) is 0 Å². The summed E-state index contributed by atoms with van der Waals surface area (Å²) < 4.78 is 11.3. The third kappa shape index (κ3) is 2.77. The normalized spacial score (nSPS) is 15.8. The van der Waals surface area contributed by atoms with E-state index in [1.54, 1.807) is 11.6 Å². The van der Waals surface area contributed by atoms with Crippen molar-refractivity contribution in [1.82, 2.24) is 13.7 Å². The minimum atomic E-state index is -0.400. The SMILES string of the molecule is Cn1c(=O)c2c(-c3ccccc3)n3c(c2n(C)c1=O)C(c1cccc2ccccc12)OCC3. The zero-order valence-electron chi connectivity index (χ0n) is 18.5. The monoisotopic (exact) mass is 437 g/mol. The summed E-state index contributed by atoms with van der Waals surface area (Å²) in [6.45, 7) is 1.11. The smallest absolute Gasteiger partial charge is 0.331 e. The van der Waals surface area contributed by atoms with E-state index in [0.29, 0.717) is 24.1 Å². The van der Waals surface area contributed by atoms with Gasteiger partial charge in [-0.05, 0) is 21.9 Å². The topological polar surface area (TPSA) is 58.2 Å². The number of ether oxygens (including phenoxy) is 1. The van der Waals surface area contributed by atoms with Gasteiger partial charge in [-0.2, -0.15) is 0 Å². The van der Waals surface area contributed by atoms with Crippen LogP contribution < -0.4 is 11.2 Å². The molecule has 6 heteroatoms. The van der Waals surface area contributed by atoms with E-state index in [2.05, 4.69) is 28.8 Å². The van der Waals surface area contributed by atoms with Crippen LogP contribution in [-0.4, -0.2) is 20.3 Å². The molecular weight excluding hydrogens is 414 g/mol. The lowest BCUT2D eigenvalue weighted by Gasteiger charge is -2.28. The maximum atomic E-state index is 13.5. The predicted octanol–water partition coefficient (Wildman–Crippen LogP) is 3.98. The van der Waals surface area contributed by atoms with Crippen LogP contribution in [0.25, 0.3) is 32.9 Å². The highest BCUT2D eigenvalue weighted by Gasteiger charge is 2.33. The second kappa shape index (κ2) is 7.32. The summed E-state index contributed by atoms with van der Waals surface area (Å²) in [6, 6.07) is 24.3. The molecule has 33 heavy (non-hydrogen) atoms. The maximum absolute atomic E-state index is 13.5. The molecule has 3 heterocycles. The highest BCUT2D eigenvalue weighted by molar-refractivity contribution is 5.97. The van der Waals surface area contributed by atoms with Gasteiger partial charge >= 0.3 is 5.69 Å². The van der Waals surface area contributed by atoms with Gasteiger partial charge in [-0.25, -0.2) is 4.79 Å². The minimum absolute atomic E-state index is 0.287. The largest absolute Gasteiger partial charge is 0.365 e. The standard InChI is InChI=1S/C27H23N3O3/c1-28-23-21(26(31)29(2)27(28)32)22(18-10-4-3-5-11-18)30-15-16-33-25(24(23)30)20-14-8-12-17-9-6-7-13-19(17)20/h3-14,25H,15-16H2,1-2H3. The summed E-state index contributed by atoms with van der Waals surface area (Å²) >= 11 is 0. The average Bonchev–Trinajstić information content (AvgIpc) is 3.22. The number of aromatic nitrogens is 3. The van der Waals surface area contributed by atoms with E-state index >= 15 is 0 Å². The minimum Gasteiger partial charge on any atom is -0.365 e. The molecule has 1 unspecified atom stereocenters. The van der Waals surface area contributed by atoms with Gasteiger partial charge in [0.2, 0.25) is 0 Å². The van der Waals surface area contributed by atoms with Crippen LogP contribution in [0.15, 0.2) is 82.4 Å². The molecule has 0 saturated carbocycles. The van der Waals surface area contributed by atoms with Crippen molar-refractivity contribution in [2.45, 2.75) is 12.6 Å². The van der Waals surface area contributed by atoms with Crippen molar-refractivity contribution in [3.63, 3.8) is 0 Å². The predicted molar refractivity (Wildman–Crippen MR) is 130 cm³/mol. The van der Waals surface area contributed by atoms with Gasteiger partial charge < -0.3 is 9.30 Å². The molecule has 6 nitrogen and oxygen atoms in total. The molecule has 0 bridgehead atoms. The van der Waals surface area contributed by atoms with E-state index in [9.17, 15) is 9.59 Å². The van der Waals surface area contributed by atoms with E-state index in [4.69, 9.17) is 4.74 Å². The quantitative estimate of drug-likeness (QED) is 0.420. The second-order valence-corrected chi connectivity index (χ2v) is 8.50. The lowest BCUT2D eigenvalue weighted by atomic mass is 9.97. The van der Waals surface area contributed by atoms with E-state index in [1.165, 1.54) is 11.6 Å². The molecule has 0 fully saturated rings. The summed E-state index contributed by atoms with van der Waals surface area (Å²) in [7, 11) is 3.27. The summed E-state index contributed by atoms with van der Waals surface area (Å²) in [5.74, 6) is 0. The molecule has 0 aliphatic carbocycles. The van der Waals surface area contributed by atoms with Gasteiger partial charge in [0.1, 0.15) is 6.10 Å². The van der Waals surface area contributed by atoms with Crippen molar-refractivity contribution in [1.29, 1.82) is 0 Å². The Morgan fingerprint density at radius 2 is 1.58 bits per heavy atom. The van der Waals surface area contributed by atoms with Crippen LogP contribution in [0.1, 0.15) is 17.4 Å². The molecule has 2 aromatic heterocycles. The maximum Gasteiger partial charge on any atom is 0.331 e. The van der Waals surface area contributed by atoms with Crippen molar-refractivity contribution in [2.24, 2.45) is 14.1 Å². The summed E-state index contributed by atoms with van der Waals surface area (Å²) in [4.78, 5) is 26.4. The Labute approximate surface area is 189 Å². The molecule has 0 N–H and O–H groups in total. The molecule has 1 atom stereocenters. The first-order valence-corrected chi connectivity index (χ1v) is 11.0. The highest BCUT2D eigenvalue weighted by atomic mass is 16.5. The zero-order chi connectivity index (χ0) is 22.7. The van der Waals surface area contributed by atoms with Gasteiger partial charge in [-0.1, -0.05) is 72.8 Å². The number of aryl methyl sites for hydroxylation is 1. The molecule has 5 aromatic rings. The first-order chi connectivity index (χ1) is 16.1. The van der Waals surface area contributed by atoms with E-state index in [1.807, 2.05) is 48.5 Å². The van der Waals surface area contributed by atoms with Crippen molar-refractivity contribution >= 4 is 21.7 Å². The van der Waals surface area contributed by atoms with Crippen LogP contribution in [0.2, 0.25) is 0 Å². The van der Waals surface area contributed by atoms with Crippen molar-refractivity contribution < 1.29 is 4.74 Å². The van der Waals surface area contributed by atoms with Crippen molar-refractivity contribution in [3.8, 4) is 11.3 Å². The highest BCUT2D eigenvalue weighted by Crippen LogP contribution is 2.42. The van der Waals surface area contributed by atoms with Gasteiger partial charge in [-0.15, -0.1) is 0 Å². The number of nitrogens with zero attached hydrogens (tertiary/aromatic N) is 3. The molecule has 0 radical (unpaired) electrons. The Kier molecular flexibility index (Phi) is 4.38. The average molecular weight is 437 g/mol. The van der Waals surface area contributed by atoms with Crippen LogP contribution in [-0.2, 0) is 25.4 Å². The summed E-state index contributed by atoms with van der Waals surface area (Å²) in [5, 5.41) is 2.78.